The van der Waals surface area contributed by atoms with Crippen molar-refractivity contribution in [3.8, 4) is 0 Å². The molecule has 7 heteroatoms. The highest BCUT2D eigenvalue weighted by Gasteiger charge is 2.14. The van der Waals surface area contributed by atoms with Crippen molar-refractivity contribution in [2.75, 3.05) is 0 Å². The number of Topliss-reactive ketones (excluding diaryl/α,β-unsaturated/α-hetero) is 1. The molecular weight excluding hydrogens is 392 g/mol. The quantitative estimate of drug-likeness (QED) is 0.366. The van der Waals surface area contributed by atoms with Crippen LogP contribution >= 0.6 is 0 Å². The molecule has 0 aliphatic rings. The molecule has 0 bridgehead atoms. The fourth-order valence-corrected chi connectivity index (χ4v) is 4.18. The number of hydrogen-bond donors (Lipinski definition) is 0. The van der Waals surface area contributed by atoms with E-state index in [0.717, 1.165) is 32.1 Å². The molecule has 174 valence electrons. The Bertz CT molecular complexity index is 939. The Balaban J connectivity index is 1.53. The highest BCUT2D eigenvalue weighted by molar-refractivity contribution is 5.75. The summed E-state index contributed by atoms with van der Waals surface area (Å²) in [4.78, 5) is 40.2. The lowest BCUT2D eigenvalue weighted by Crippen LogP contribution is -2.39. The number of carbonyl (C=O) groups is 1. The van der Waals surface area contributed by atoms with Crippen LogP contribution in [0.5, 0.6) is 0 Å². The Morgan fingerprint density at radius 2 is 1.29 bits per heavy atom. The lowest BCUT2D eigenvalue weighted by atomic mass is 10.0. The summed E-state index contributed by atoms with van der Waals surface area (Å²) in [7, 11) is 3.45. The number of aromatic nitrogens is 4. The molecule has 7 nitrogen and oxygen atoms in total. The van der Waals surface area contributed by atoms with Gasteiger partial charge in [-0.05, 0) is 19.8 Å². The van der Waals surface area contributed by atoms with Crippen LogP contribution in [-0.4, -0.2) is 24.5 Å². The highest BCUT2D eigenvalue weighted by Crippen LogP contribution is 2.13. The number of unbranched alkanes of at least 4 members (excludes halogenated alkanes) is 12. The van der Waals surface area contributed by atoms with Crippen LogP contribution in [0.2, 0.25) is 0 Å². The van der Waals surface area contributed by atoms with Crippen molar-refractivity contribution < 1.29 is 4.79 Å². The molecule has 0 spiro atoms. The van der Waals surface area contributed by atoms with E-state index in [1.165, 1.54) is 66.9 Å². The number of fused-ring (bicyclic) bond motifs is 1. The molecule has 0 fully saturated rings. The van der Waals surface area contributed by atoms with E-state index in [1.54, 1.807) is 31.9 Å². The first kappa shape index (κ1) is 25.1. The van der Waals surface area contributed by atoms with Crippen molar-refractivity contribution >= 4 is 16.9 Å². The number of rotatable bonds is 16. The zero-order valence-corrected chi connectivity index (χ0v) is 19.7. The Morgan fingerprint density at radius 3 is 1.81 bits per heavy atom. The van der Waals surface area contributed by atoms with E-state index >= 15 is 0 Å². The summed E-state index contributed by atoms with van der Waals surface area (Å²) < 4.78 is 4.50. The van der Waals surface area contributed by atoms with E-state index < -0.39 is 0 Å². The van der Waals surface area contributed by atoms with Crippen LogP contribution < -0.4 is 11.2 Å². The second-order valence-electron chi connectivity index (χ2n) is 8.87. The Labute approximate surface area is 185 Å². The van der Waals surface area contributed by atoms with Gasteiger partial charge in [0.1, 0.15) is 5.78 Å². The second kappa shape index (κ2) is 13.3. The molecule has 0 aliphatic carbocycles. The zero-order valence-electron chi connectivity index (χ0n) is 19.7. The van der Waals surface area contributed by atoms with Crippen molar-refractivity contribution in [1.82, 2.24) is 18.7 Å². The van der Waals surface area contributed by atoms with Gasteiger partial charge in [0.2, 0.25) is 0 Å². The predicted molar refractivity (Wildman–Crippen MR) is 126 cm³/mol. The summed E-state index contributed by atoms with van der Waals surface area (Å²) in [6.45, 7) is 2.14. The van der Waals surface area contributed by atoms with Gasteiger partial charge in [-0.1, -0.05) is 70.6 Å². The molecule has 2 aromatic heterocycles. The molecule has 0 aliphatic heterocycles. The fourth-order valence-electron chi connectivity index (χ4n) is 4.18. The molecule has 0 aromatic carbocycles. The molecule has 0 unspecified atom stereocenters. The lowest BCUT2D eigenvalue weighted by Gasteiger charge is -2.08. The van der Waals surface area contributed by atoms with Gasteiger partial charge in [0.25, 0.3) is 5.56 Å². The van der Waals surface area contributed by atoms with Crippen molar-refractivity contribution in [2.45, 2.75) is 103 Å². The van der Waals surface area contributed by atoms with Gasteiger partial charge in [-0.2, -0.15) is 0 Å². The standard InChI is InChI=1S/C24H40N4O3/c1-20(29)17-15-13-11-9-7-5-4-6-8-10-12-14-16-18-28-23(30)21-22(25-19-26(21)2)27(3)24(28)31/h19H,4-18H2,1-3H3. The van der Waals surface area contributed by atoms with Crippen molar-refractivity contribution in [3.63, 3.8) is 0 Å². The van der Waals surface area contributed by atoms with Crippen LogP contribution in [0, 0.1) is 0 Å². The van der Waals surface area contributed by atoms with Crippen molar-refractivity contribution in [1.29, 1.82) is 0 Å². The predicted octanol–water partition coefficient (Wildman–Crippen LogP) is 4.48. The molecule has 0 radical (unpaired) electrons. The van der Waals surface area contributed by atoms with E-state index in [-0.39, 0.29) is 11.2 Å². The Kier molecular flexibility index (Phi) is 10.7. The molecule has 2 aromatic rings. The van der Waals surface area contributed by atoms with E-state index in [2.05, 4.69) is 4.98 Å². The summed E-state index contributed by atoms with van der Waals surface area (Å²) in [6, 6.07) is 0. The highest BCUT2D eigenvalue weighted by atomic mass is 16.2. The molecule has 0 saturated heterocycles. The van der Waals surface area contributed by atoms with E-state index in [1.807, 2.05) is 0 Å². The zero-order chi connectivity index (χ0) is 22.6. The maximum absolute atomic E-state index is 12.7. The van der Waals surface area contributed by atoms with Gasteiger partial charge in [0, 0.05) is 27.1 Å². The molecule has 0 saturated carbocycles. The topological polar surface area (TPSA) is 78.9 Å². The summed E-state index contributed by atoms with van der Waals surface area (Å²) >= 11 is 0. The SMILES string of the molecule is CC(=O)CCCCCCCCCCCCCCCn1c(=O)c2c(ncn2C)n(C)c1=O. The van der Waals surface area contributed by atoms with Crippen LogP contribution in [0.3, 0.4) is 0 Å². The number of carbonyl (C=O) groups excluding carboxylic acids is 1. The van der Waals surface area contributed by atoms with Crippen LogP contribution in [-0.2, 0) is 25.4 Å². The van der Waals surface area contributed by atoms with E-state index in [0.29, 0.717) is 23.5 Å². The molecule has 31 heavy (non-hydrogen) atoms. The largest absolute Gasteiger partial charge is 0.332 e. The second-order valence-corrected chi connectivity index (χ2v) is 8.87. The number of imidazole rings is 1. The first-order chi connectivity index (χ1) is 14.9. The minimum atomic E-state index is -0.282. The number of ketones is 1. The number of aryl methyl sites for hydroxylation is 2. The number of hydrogen-bond acceptors (Lipinski definition) is 4. The van der Waals surface area contributed by atoms with Crippen molar-refractivity contribution in [3.05, 3.63) is 27.2 Å². The molecule has 2 heterocycles. The molecule has 2 rings (SSSR count). The van der Waals surface area contributed by atoms with Gasteiger partial charge >= 0.3 is 5.69 Å². The number of nitrogens with zero attached hydrogens (tertiary/aromatic N) is 4. The van der Waals surface area contributed by atoms with Crippen LogP contribution in [0.4, 0.5) is 0 Å². The third-order valence-corrected chi connectivity index (χ3v) is 6.11. The average Bonchev–Trinajstić information content (AvgIpc) is 3.13. The van der Waals surface area contributed by atoms with Crippen molar-refractivity contribution in [2.24, 2.45) is 14.1 Å². The minimum Gasteiger partial charge on any atom is -0.328 e. The van der Waals surface area contributed by atoms with Gasteiger partial charge in [-0.15, -0.1) is 0 Å². The van der Waals surface area contributed by atoms with Crippen LogP contribution in [0.1, 0.15) is 96.8 Å². The van der Waals surface area contributed by atoms with Gasteiger partial charge in [-0.3, -0.25) is 13.9 Å². The molecule has 0 amide bonds. The van der Waals surface area contributed by atoms with Gasteiger partial charge in [0.15, 0.2) is 11.2 Å². The average molecular weight is 433 g/mol. The van der Waals surface area contributed by atoms with Gasteiger partial charge in [-0.25, -0.2) is 9.78 Å². The summed E-state index contributed by atoms with van der Waals surface area (Å²) in [5, 5.41) is 0. The van der Waals surface area contributed by atoms with E-state index in [9.17, 15) is 14.4 Å². The van der Waals surface area contributed by atoms with E-state index in [4.69, 9.17) is 0 Å². The van der Waals surface area contributed by atoms with Crippen LogP contribution in [0.15, 0.2) is 15.9 Å². The lowest BCUT2D eigenvalue weighted by molar-refractivity contribution is -0.117. The van der Waals surface area contributed by atoms with Crippen LogP contribution in [0.25, 0.3) is 11.2 Å². The molecule has 0 atom stereocenters. The third-order valence-electron chi connectivity index (χ3n) is 6.11. The Hall–Kier alpha value is -2.18. The minimum absolute atomic E-state index is 0.239. The monoisotopic (exact) mass is 432 g/mol. The first-order valence-electron chi connectivity index (χ1n) is 12.0. The summed E-state index contributed by atoms with van der Waals surface area (Å²) in [5.74, 6) is 0.310. The third kappa shape index (κ3) is 7.78. The normalized spacial score (nSPS) is 11.5. The maximum atomic E-state index is 12.7. The molecular formula is C24H40N4O3. The summed E-state index contributed by atoms with van der Waals surface area (Å²) in [5.41, 5.74) is 0.409. The smallest absolute Gasteiger partial charge is 0.328 e. The summed E-state index contributed by atoms with van der Waals surface area (Å²) in [6.07, 6.45) is 17.9. The van der Waals surface area contributed by atoms with Gasteiger partial charge < -0.3 is 9.36 Å². The maximum Gasteiger partial charge on any atom is 0.332 e. The molecule has 0 N–H and O–H groups in total. The first-order valence-corrected chi connectivity index (χ1v) is 12.0. The van der Waals surface area contributed by atoms with Gasteiger partial charge in [0.05, 0.1) is 6.33 Å². The Morgan fingerprint density at radius 1 is 0.806 bits per heavy atom. The fraction of sp³-hybridized carbons (Fsp3) is 0.750.